The van der Waals surface area contributed by atoms with Gasteiger partial charge in [-0.3, -0.25) is 0 Å². The van der Waals surface area contributed by atoms with Gasteiger partial charge in [0, 0.05) is 0 Å². The highest BCUT2D eigenvalue weighted by Crippen LogP contribution is 2.04. The Labute approximate surface area is 118 Å². The summed E-state index contributed by atoms with van der Waals surface area (Å²) in [5.74, 6) is -0.778. The molecule has 4 N–H and O–H groups in total. The van der Waals surface area contributed by atoms with Gasteiger partial charge in [0.1, 0.15) is 12.6 Å². The van der Waals surface area contributed by atoms with Gasteiger partial charge in [-0.15, -0.1) is 0 Å². The van der Waals surface area contributed by atoms with E-state index in [1.165, 1.54) is 0 Å². The standard InChI is InChI=1S/C14H20N2O4/c15-9-5-4-8-12(16)13(17)20-14(18)19-10-11-6-2-1-3-7-11/h1-3,6-7,12H,4-5,8-10,15-16H2/t12-/m0/s1. The van der Waals surface area contributed by atoms with E-state index in [1.54, 1.807) is 12.1 Å². The summed E-state index contributed by atoms with van der Waals surface area (Å²) in [5, 5.41) is 0. The number of hydrogen-bond acceptors (Lipinski definition) is 6. The predicted molar refractivity (Wildman–Crippen MR) is 73.6 cm³/mol. The molecule has 0 aliphatic heterocycles. The maximum atomic E-state index is 11.5. The van der Waals surface area contributed by atoms with E-state index in [-0.39, 0.29) is 6.61 Å². The minimum Gasteiger partial charge on any atom is -0.429 e. The van der Waals surface area contributed by atoms with Gasteiger partial charge in [-0.2, -0.15) is 0 Å². The SMILES string of the molecule is NCCCC[C@H](N)C(=O)OC(=O)OCc1ccccc1. The normalized spacial score (nSPS) is 11.7. The smallest absolute Gasteiger partial charge is 0.429 e. The molecule has 0 heterocycles. The van der Waals surface area contributed by atoms with E-state index in [2.05, 4.69) is 4.74 Å². The van der Waals surface area contributed by atoms with Gasteiger partial charge >= 0.3 is 12.1 Å². The number of ether oxygens (including phenoxy) is 2. The predicted octanol–water partition coefficient (Wildman–Crippen LogP) is 1.32. The van der Waals surface area contributed by atoms with Crippen molar-refractivity contribution in [3.8, 4) is 0 Å². The summed E-state index contributed by atoms with van der Waals surface area (Å²) < 4.78 is 9.33. The van der Waals surface area contributed by atoms with E-state index in [4.69, 9.17) is 16.2 Å². The molecule has 110 valence electrons. The van der Waals surface area contributed by atoms with E-state index >= 15 is 0 Å². The minimum absolute atomic E-state index is 0.0510. The second kappa shape index (κ2) is 9.06. The molecular weight excluding hydrogens is 260 g/mol. The van der Waals surface area contributed by atoms with E-state index < -0.39 is 18.2 Å². The Hall–Kier alpha value is -1.92. The molecule has 0 unspecified atom stereocenters. The summed E-state index contributed by atoms with van der Waals surface area (Å²) in [6, 6.07) is 8.27. The van der Waals surface area contributed by atoms with Crippen LogP contribution in [0.1, 0.15) is 24.8 Å². The van der Waals surface area contributed by atoms with Crippen LogP contribution in [0.4, 0.5) is 4.79 Å². The van der Waals surface area contributed by atoms with Crippen molar-refractivity contribution in [2.75, 3.05) is 6.54 Å². The van der Waals surface area contributed by atoms with Gasteiger partial charge in [-0.25, -0.2) is 9.59 Å². The molecule has 0 amide bonds. The number of rotatable bonds is 7. The van der Waals surface area contributed by atoms with Crippen molar-refractivity contribution in [3.63, 3.8) is 0 Å². The average Bonchev–Trinajstić information content (AvgIpc) is 2.46. The lowest BCUT2D eigenvalue weighted by Gasteiger charge is -2.10. The molecule has 6 heteroatoms. The Morgan fingerprint density at radius 1 is 1.15 bits per heavy atom. The van der Waals surface area contributed by atoms with Crippen LogP contribution in [0.3, 0.4) is 0 Å². The molecular formula is C14H20N2O4. The molecule has 0 aliphatic carbocycles. The van der Waals surface area contributed by atoms with Crippen molar-refractivity contribution in [3.05, 3.63) is 35.9 Å². The maximum Gasteiger partial charge on any atom is 0.516 e. The lowest BCUT2D eigenvalue weighted by molar-refractivity contribution is -0.141. The van der Waals surface area contributed by atoms with Crippen LogP contribution < -0.4 is 11.5 Å². The minimum atomic E-state index is -1.03. The van der Waals surface area contributed by atoms with Crippen LogP contribution in [0.2, 0.25) is 0 Å². The summed E-state index contributed by atoms with van der Waals surface area (Å²) >= 11 is 0. The van der Waals surface area contributed by atoms with Crippen LogP contribution in [0.25, 0.3) is 0 Å². The van der Waals surface area contributed by atoms with Crippen molar-refractivity contribution in [2.45, 2.75) is 31.9 Å². The van der Waals surface area contributed by atoms with Crippen LogP contribution in [-0.4, -0.2) is 24.7 Å². The molecule has 0 bridgehead atoms. The zero-order valence-electron chi connectivity index (χ0n) is 11.3. The Kier molecular flexibility index (Phi) is 7.31. The molecule has 0 aliphatic rings. The maximum absolute atomic E-state index is 11.5. The fourth-order valence-electron chi connectivity index (χ4n) is 1.53. The van der Waals surface area contributed by atoms with Gasteiger partial charge in [0.25, 0.3) is 0 Å². The molecule has 0 saturated carbocycles. The van der Waals surface area contributed by atoms with Crippen molar-refractivity contribution in [2.24, 2.45) is 11.5 Å². The zero-order valence-corrected chi connectivity index (χ0v) is 11.3. The second-order valence-corrected chi connectivity index (χ2v) is 4.34. The second-order valence-electron chi connectivity index (χ2n) is 4.34. The van der Waals surface area contributed by atoms with Crippen molar-refractivity contribution in [1.82, 2.24) is 0 Å². The van der Waals surface area contributed by atoms with Crippen LogP contribution in [-0.2, 0) is 20.9 Å². The number of esters is 1. The average molecular weight is 280 g/mol. The quantitative estimate of drug-likeness (QED) is 0.443. The summed E-state index contributed by atoms with van der Waals surface area (Å²) in [7, 11) is 0. The third kappa shape index (κ3) is 6.31. The highest BCUT2D eigenvalue weighted by molar-refractivity contribution is 5.85. The van der Waals surface area contributed by atoms with E-state index in [9.17, 15) is 9.59 Å². The molecule has 1 aromatic rings. The third-order valence-electron chi connectivity index (χ3n) is 2.66. The molecule has 0 aromatic heterocycles. The number of carbonyl (C=O) groups excluding carboxylic acids is 2. The Morgan fingerprint density at radius 2 is 1.85 bits per heavy atom. The van der Waals surface area contributed by atoms with Crippen LogP contribution >= 0.6 is 0 Å². The lowest BCUT2D eigenvalue weighted by Crippen LogP contribution is -2.34. The van der Waals surface area contributed by atoms with E-state index in [0.29, 0.717) is 19.4 Å². The third-order valence-corrected chi connectivity index (χ3v) is 2.66. The van der Waals surface area contributed by atoms with Crippen molar-refractivity contribution < 1.29 is 19.1 Å². The van der Waals surface area contributed by atoms with Gasteiger partial charge in [0.2, 0.25) is 0 Å². The number of carbonyl (C=O) groups is 2. The Morgan fingerprint density at radius 3 is 2.50 bits per heavy atom. The summed E-state index contributed by atoms with van der Waals surface area (Å²) in [6.07, 6.45) is 0.890. The molecule has 0 spiro atoms. The first kappa shape index (κ1) is 16.1. The van der Waals surface area contributed by atoms with Crippen LogP contribution in [0, 0.1) is 0 Å². The first-order valence-electron chi connectivity index (χ1n) is 6.51. The molecule has 0 fully saturated rings. The fourth-order valence-corrected chi connectivity index (χ4v) is 1.53. The molecule has 0 saturated heterocycles. The molecule has 1 aromatic carbocycles. The summed E-state index contributed by atoms with van der Waals surface area (Å²) in [5.41, 5.74) is 11.7. The van der Waals surface area contributed by atoms with E-state index in [0.717, 1.165) is 12.0 Å². The van der Waals surface area contributed by atoms with Crippen molar-refractivity contribution in [1.29, 1.82) is 0 Å². The van der Waals surface area contributed by atoms with Crippen LogP contribution in [0.15, 0.2) is 30.3 Å². The molecule has 0 radical (unpaired) electrons. The largest absolute Gasteiger partial charge is 0.516 e. The number of benzene rings is 1. The van der Waals surface area contributed by atoms with Gasteiger partial charge < -0.3 is 20.9 Å². The first-order chi connectivity index (χ1) is 9.63. The first-order valence-corrected chi connectivity index (χ1v) is 6.51. The van der Waals surface area contributed by atoms with E-state index in [1.807, 2.05) is 18.2 Å². The van der Waals surface area contributed by atoms with Gasteiger partial charge in [-0.05, 0) is 24.9 Å². The highest BCUT2D eigenvalue weighted by Gasteiger charge is 2.19. The summed E-state index contributed by atoms with van der Waals surface area (Å²) in [4.78, 5) is 22.8. The topological polar surface area (TPSA) is 105 Å². The number of hydrogen-bond donors (Lipinski definition) is 2. The fraction of sp³-hybridized carbons (Fsp3) is 0.429. The molecule has 6 nitrogen and oxygen atoms in total. The molecule has 1 atom stereocenters. The monoisotopic (exact) mass is 280 g/mol. The van der Waals surface area contributed by atoms with Gasteiger partial charge in [-0.1, -0.05) is 36.8 Å². The van der Waals surface area contributed by atoms with Crippen molar-refractivity contribution >= 4 is 12.1 Å². The highest BCUT2D eigenvalue weighted by atomic mass is 16.7. The Balaban J connectivity index is 2.25. The lowest BCUT2D eigenvalue weighted by atomic mass is 10.1. The molecule has 20 heavy (non-hydrogen) atoms. The zero-order chi connectivity index (χ0) is 14.8. The summed E-state index contributed by atoms with van der Waals surface area (Å²) in [6.45, 7) is 0.594. The van der Waals surface area contributed by atoms with Gasteiger partial charge in [0.05, 0.1) is 0 Å². The van der Waals surface area contributed by atoms with Crippen LogP contribution in [0.5, 0.6) is 0 Å². The van der Waals surface area contributed by atoms with Gasteiger partial charge in [0.15, 0.2) is 0 Å². The molecule has 1 rings (SSSR count). The number of unbranched alkanes of at least 4 members (excludes halogenated alkanes) is 1. The number of nitrogens with two attached hydrogens (primary N) is 2. The Bertz CT molecular complexity index is 422.